The van der Waals surface area contributed by atoms with Gasteiger partial charge in [0.25, 0.3) is 0 Å². The Labute approximate surface area is 217 Å². The SMILES string of the molecule is CCOc1cc(/C=C2\C(=O)ON=C2c2ccccc2)cc(I)c1OCc1cccc2ccccc12. The molecule has 1 aliphatic heterocycles. The summed E-state index contributed by atoms with van der Waals surface area (Å²) in [6.07, 6.45) is 1.78. The standard InChI is InChI=1S/C29H22INO4/c1-2-33-26-17-19(15-24-27(31-35-29(24)32)21-10-4-3-5-11-21)16-25(30)28(26)34-18-22-13-8-12-20-9-6-7-14-23(20)22/h3-17H,2,18H2,1H3/b24-15-. The molecule has 0 aliphatic carbocycles. The van der Waals surface area contributed by atoms with Gasteiger partial charge in [-0.3, -0.25) is 0 Å². The minimum absolute atomic E-state index is 0.402. The van der Waals surface area contributed by atoms with Gasteiger partial charge in [0.1, 0.15) is 12.3 Å². The fourth-order valence-electron chi connectivity index (χ4n) is 4.02. The zero-order chi connectivity index (χ0) is 24.2. The van der Waals surface area contributed by atoms with E-state index in [9.17, 15) is 4.79 Å². The van der Waals surface area contributed by atoms with Crippen molar-refractivity contribution in [2.75, 3.05) is 6.61 Å². The molecule has 174 valence electrons. The third-order valence-corrected chi connectivity index (χ3v) is 6.44. The summed E-state index contributed by atoms with van der Waals surface area (Å²) >= 11 is 2.24. The number of hydrogen-bond acceptors (Lipinski definition) is 5. The normalized spacial score (nSPS) is 14.2. The van der Waals surface area contributed by atoms with Gasteiger partial charge in [0, 0.05) is 5.56 Å². The van der Waals surface area contributed by atoms with E-state index in [2.05, 4.69) is 52.0 Å². The molecule has 5 nitrogen and oxygen atoms in total. The van der Waals surface area contributed by atoms with Crippen molar-refractivity contribution in [3.63, 3.8) is 0 Å². The minimum Gasteiger partial charge on any atom is -0.490 e. The van der Waals surface area contributed by atoms with Crippen LogP contribution in [-0.4, -0.2) is 18.3 Å². The maximum Gasteiger partial charge on any atom is 0.368 e. The van der Waals surface area contributed by atoms with E-state index in [-0.39, 0.29) is 0 Å². The van der Waals surface area contributed by atoms with Crippen molar-refractivity contribution in [3.05, 3.63) is 111 Å². The average molecular weight is 575 g/mol. The van der Waals surface area contributed by atoms with Crippen LogP contribution in [0.25, 0.3) is 16.8 Å². The Morgan fingerprint density at radius 2 is 1.71 bits per heavy atom. The lowest BCUT2D eigenvalue weighted by Gasteiger charge is -2.16. The molecule has 35 heavy (non-hydrogen) atoms. The molecule has 0 spiro atoms. The van der Waals surface area contributed by atoms with Crippen molar-refractivity contribution < 1.29 is 19.1 Å². The first kappa shape index (κ1) is 23.1. The van der Waals surface area contributed by atoms with Crippen molar-refractivity contribution in [2.24, 2.45) is 5.16 Å². The summed E-state index contributed by atoms with van der Waals surface area (Å²) in [5, 5.41) is 6.33. The van der Waals surface area contributed by atoms with E-state index in [0.717, 1.165) is 25.6 Å². The molecule has 0 fully saturated rings. The third kappa shape index (κ3) is 4.93. The second-order valence-electron chi connectivity index (χ2n) is 7.93. The quantitative estimate of drug-likeness (QED) is 0.139. The van der Waals surface area contributed by atoms with E-state index < -0.39 is 5.97 Å². The molecule has 0 saturated heterocycles. The number of carbonyl (C=O) groups is 1. The molecule has 4 aromatic rings. The fraction of sp³-hybridized carbons (Fsp3) is 0.103. The summed E-state index contributed by atoms with van der Waals surface area (Å²) in [6.45, 7) is 2.83. The van der Waals surface area contributed by atoms with E-state index in [1.54, 1.807) is 6.08 Å². The number of ether oxygens (including phenoxy) is 2. The fourth-order valence-corrected chi connectivity index (χ4v) is 4.80. The minimum atomic E-state index is -0.479. The smallest absolute Gasteiger partial charge is 0.368 e. The molecule has 6 heteroatoms. The van der Waals surface area contributed by atoms with Crippen LogP contribution in [0.5, 0.6) is 11.5 Å². The Morgan fingerprint density at radius 3 is 2.54 bits per heavy atom. The van der Waals surface area contributed by atoms with Gasteiger partial charge in [0.15, 0.2) is 11.5 Å². The lowest BCUT2D eigenvalue weighted by molar-refractivity contribution is -0.136. The zero-order valence-electron chi connectivity index (χ0n) is 19.0. The van der Waals surface area contributed by atoms with Gasteiger partial charge in [-0.25, -0.2) is 4.79 Å². The molecule has 0 saturated carbocycles. The maximum absolute atomic E-state index is 12.4. The summed E-state index contributed by atoms with van der Waals surface area (Å²) in [6, 6.07) is 27.8. The summed E-state index contributed by atoms with van der Waals surface area (Å²) in [5.41, 5.74) is 3.64. The van der Waals surface area contributed by atoms with Crippen molar-refractivity contribution in [2.45, 2.75) is 13.5 Å². The van der Waals surface area contributed by atoms with Crippen molar-refractivity contribution >= 4 is 51.1 Å². The first-order valence-electron chi connectivity index (χ1n) is 11.3. The van der Waals surface area contributed by atoms with Crippen molar-refractivity contribution in [1.82, 2.24) is 0 Å². The van der Waals surface area contributed by atoms with Crippen molar-refractivity contribution in [3.8, 4) is 11.5 Å². The van der Waals surface area contributed by atoms with Crippen LogP contribution in [0.2, 0.25) is 0 Å². The predicted molar refractivity (Wildman–Crippen MR) is 146 cm³/mol. The lowest BCUT2D eigenvalue weighted by Crippen LogP contribution is -2.07. The van der Waals surface area contributed by atoms with Crippen LogP contribution in [0.1, 0.15) is 23.6 Å². The van der Waals surface area contributed by atoms with Gasteiger partial charge in [-0.05, 0) is 69.6 Å². The number of carbonyl (C=O) groups excluding carboxylic acids is 1. The van der Waals surface area contributed by atoms with Crippen LogP contribution in [0.15, 0.2) is 95.7 Å². The average Bonchev–Trinajstić information content (AvgIpc) is 3.24. The number of fused-ring (bicyclic) bond motifs is 1. The van der Waals surface area contributed by atoms with E-state index in [1.165, 1.54) is 5.39 Å². The highest BCUT2D eigenvalue weighted by molar-refractivity contribution is 14.1. The first-order valence-corrected chi connectivity index (χ1v) is 12.3. The van der Waals surface area contributed by atoms with Gasteiger partial charge in [-0.15, -0.1) is 0 Å². The van der Waals surface area contributed by atoms with Crippen LogP contribution in [0, 0.1) is 3.57 Å². The molecule has 0 atom stereocenters. The molecule has 0 N–H and O–H groups in total. The first-order chi connectivity index (χ1) is 17.1. The van der Waals surface area contributed by atoms with Crippen molar-refractivity contribution in [1.29, 1.82) is 0 Å². The Balaban J connectivity index is 1.46. The van der Waals surface area contributed by atoms with Gasteiger partial charge >= 0.3 is 5.97 Å². The highest BCUT2D eigenvalue weighted by Gasteiger charge is 2.27. The van der Waals surface area contributed by atoms with E-state index >= 15 is 0 Å². The highest BCUT2D eigenvalue weighted by atomic mass is 127. The van der Waals surface area contributed by atoms with E-state index in [4.69, 9.17) is 14.3 Å². The second-order valence-corrected chi connectivity index (χ2v) is 9.09. The van der Waals surface area contributed by atoms with Gasteiger partial charge in [-0.2, -0.15) is 0 Å². The van der Waals surface area contributed by atoms with Crippen LogP contribution >= 0.6 is 22.6 Å². The molecule has 4 aromatic carbocycles. The molecule has 1 heterocycles. The summed E-state index contributed by atoms with van der Waals surface area (Å²) in [5.74, 6) is 0.817. The number of nitrogens with zero attached hydrogens (tertiary/aromatic N) is 1. The Hall–Kier alpha value is -3.65. The summed E-state index contributed by atoms with van der Waals surface area (Å²) < 4.78 is 13.1. The topological polar surface area (TPSA) is 57.1 Å². The third-order valence-electron chi connectivity index (χ3n) is 5.64. The molecular formula is C29H22INO4. The number of halogens is 1. The summed E-state index contributed by atoms with van der Waals surface area (Å²) in [7, 11) is 0. The number of oxime groups is 1. The molecule has 0 radical (unpaired) electrons. The number of rotatable bonds is 7. The molecule has 5 rings (SSSR count). The summed E-state index contributed by atoms with van der Waals surface area (Å²) in [4.78, 5) is 17.4. The number of hydrogen-bond donors (Lipinski definition) is 0. The molecule has 0 amide bonds. The van der Waals surface area contributed by atoms with Gasteiger partial charge in [0.05, 0.1) is 15.8 Å². The molecular weight excluding hydrogens is 553 g/mol. The second kappa shape index (κ2) is 10.3. The van der Waals surface area contributed by atoms with E-state index in [0.29, 0.717) is 36.0 Å². The Morgan fingerprint density at radius 1 is 0.943 bits per heavy atom. The molecule has 0 unspecified atom stereocenters. The highest BCUT2D eigenvalue weighted by Crippen LogP contribution is 2.36. The zero-order valence-corrected chi connectivity index (χ0v) is 21.2. The number of benzene rings is 4. The Kier molecular flexibility index (Phi) is 6.81. The van der Waals surface area contributed by atoms with Crippen LogP contribution < -0.4 is 9.47 Å². The molecule has 1 aliphatic rings. The molecule has 0 aromatic heterocycles. The maximum atomic E-state index is 12.4. The molecule has 0 bridgehead atoms. The van der Waals surface area contributed by atoms with Gasteiger partial charge in [-0.1, -0.05) is 78.0 Å². The predicted octanol–water partition coefficient (Wildman–Crippen LogP) is 6.77. The van der Waals surface area contributed by atoms with Gasteiger partial charge < -0.3 is 14.3 Å². The van der Waals surface area contributed by atoms with E-state index in [1.807, 2.05) is 67.6 Å². The Bertz CT molecular complexity index is 1460. The van der Waals surface area contributed by atoms with Gasteiger partial charge in [0.2, 0.25) is 0 Å². The largest absolute Gasteiger partial charge is 0.490 e. The van der Waals surface area contributed by atoms with Crippen LogP contribution in [-0.2, 0) is 16.2 Å². The van der Waals surface area contributed by atoms with Crippen LogP contribution in [0.3, 0.4) is 0 Å². The lowest BCUT2D eigenvalue weighted by atomic mass is 10.0. The monoisotopic (exact) mass is 575 g/mol. The van der Waals surface area contributed by atoms with Crippen LogP contribution in [0.4, 0.5) is 0 Å².